The lowest BCUT2D eigenvalue weighted by atomic mass is 10.2. The van der Waals surface area contributed by atoms with Crippen LogP contribution in [0.3, 0.4) is 0 Å². The quantitative estimate of drug-likeness (QED) is 0.373. The van der Waals surface area contributed by atoms with Crippen LogP contribution in [0.15, 0.2) is 58.1 Å². The maximum absolute atomic E-state index is 5.96. The van der Waals surface area contributed by atoms with Gasteiger partial charge in [-0.1, -0.05) is 41.1 Å². The van der Waals surface area contributed by atoms with E-state index in [0.717, 1.165) is 35.4 Å². The molecule has 0 unspecified atom stereocenters. The van der Waals surface area contributed by atoms with Crippen molar-refractivity contribution < 1.29 is 4.42 Å². The summed E-state index contributed by atoms with van der Waals surface area (Å²) >= 11 is 7.49. The van der Waals surface area contributed by atoms with Gasteiger partial charge in [0.2, 0.25) is 17.7 Å². The van der Waals surface area contributed by atoms with E-state index in [9.17, 15) is 0 Å². The van der Waals surface area contributed by atoms with Gasteiger partial charge in [0.05, 0.1) is 11.4 Å². The SMILES string of the molecule is Cc1ccc(-n2c(SCc3nnc(-c4ccc(Cl)cc4)o3)nnc2N2CCCC2)cc1. The van der Waals surface area contributed by atoms with E-state index in [1.54, 1.807) is 12.1 Å². The van der Waals surface area contributed by atoms with Crippen LogP contribution in [-0.2, 0) is 5.75 Å². The highest BCUT2D eigenvalue weighted by Crippen LogP contribution is 2.31. The molecule has 1 fully saturated rings. The number of hydrogen-bond acceptors (Lipinski definition) is 7. The van der Waals surface area contributed by atoms with Crippen molar-refractivity contribution in [2.24, 2.45) is 0 Å². The lowest BCUT2D eigenvalue weighted by molar-refractivity contribution is 0.528. The number of nitrogens with zero attached hydrogens (tertiary/aromatic N) is 6. The molecule has 0 aliphatic carbocycles. The van der Waals surface area contributed by atoms with Gasteiger partial charge in [0.25, 0.3) is 0 Å². The highest BCUT2D eigenvalue weighted by Gasteiger charge is 2.23. The monoisotopic (exact) mass is 452 g/mol. The Labute approximate surface area is 189 Å². The molecule has 2 aromatic carbocycles. The Kier molecular flexibility index (Phi) is 5.65. The maximum Gasteiger partial charge on any atom is 0.247 e. The largest absolute Gasteiger partial charge is 0.420 e. The second-order valence-electron chi connectivity index (χ2n) is 7.44. The van der Waals surface area contributed by atoms with Gasteiger partial charge in [-0.25, -0.2) is 0 Å². The zero-order valence-corrected chi connectivity index (χ0v) is 18.6. The maximum atomic E-state index is 5.96. The second-order valence-corrected chi connectivity index (χ2v) is 8.82. The van der Waals surface area contributed by atoms with Gasteiger partial charge in [-0.15, -0.1) is 20.4 Å². The number of benzene rings is 2. The minimum Gasteiger partial charge on any atom is -0.420 e. The summed E-state index contributed by atoms with van der Waals surface area (Å²) in [7, 11) is 0. The summed E-state index contributed by atoms with van der Waals surface area (Å²) in [5, 5.41) is 18.8. The molecule has 0 bridgehead atoms. The van der Waals surface area contributed by atoms with Crippen LogP contribution >= 0.6 is 23.4 Å². The fraction of sp³-hybridized carbons (Fsp3) is 0.273. The predicted octanol–water partition coefficient (Wildman–Crippen LogP) is 5.17. The Morgan fingerprint density at radius 1 is 0.935 bits per heavy atom. The van der Waals surface area contributed by atoms with Gasteiger partial charge in [0.15, 0.2) is 5.16 Å². The average Bonchev–Trinajstić information content (AvgIpc) is 3.54. The third-order valence-corrected chi connectivity index (χ3v) is 6.35. The molecule has 2 aromatic heterocycles. The Hall–Kier alpha value is -2.84. The van der Waals surface area contributed by atoms with Crippen LogP contribution in [-0.4, -0.2) is 38.1 Å². The van der Waals surface area contributed by atoms with Crippen LogP contribution in [0.5, 0.6) is 0 Å². The molecular formula is C22H21ClN6OS. The van der Waals surface area contributed by atoms with Crippen LogP contribution in [0.4, 0.5) is 5.95 Å². The molecule has 4 aromatic rings. The Balaban J connectivity index is 1.39. The van der Waals surface area contributed by atoms with E-state index in [1.807, 2.05) is 12.1 Å². The minimum absolute atomic E-state index is 0.477. The fourth-order valence-electron chi connectivity index (χ4n) is 3.54. The minimum atomic E-state index is 0.477. The standard InChI is InChI=1S/C22H21ClN6OS/c1-15-4-10-18(11-5-15)29-21(28-12-2-3-13-28)26-27-22(29)31-14-19-24-25-20(30-19)16-6-8-17(23)9-7-16/h4-11H,2-3,12-14H2,1H3. The highest BCUT2D eigenvalue weighted by atomic mass is 35.5. The smallest absolute Gasteiger partial charge is 0.247 e. The van der Waals surface area contributed by atoms with Crippen molar-refractivity contribution in [3.05, 3.63) is 65.0 Å². The third kappa shape index (κ3) is 4.31. The molecule has 0 saturated carbocycles. The first-order valence-electron chi connectivity index (χ1n) is 10.2. The molecule has 0 N–H and O–H groups in total. The molecular weight excluding hydrogens is 432 g/mol. The predicted molar refractivity (Wildman–Crippen MR) is 122 cm³/mol. The van der Waals surface area contributed by atoms with E-state index in [2.05, 4.69) is 61.1 Å². The molecule has 5 rings (SSSR count). The zero-order chi connectivity index (χ0) is 21.2. The van der Waals surface area contributed by atoms with E-state index in [-0.39, 0.29) is 0 Å². The number of halogens is 1. The summed E-state index contributed by atoms with van der Waals surface area (Å²) in [6, 6.07) is 15.8. The second kappa shape index (κ2) is 8.72. The first-order valence-corrected chi connectivity index (χ1v) is 11.5. The fourth-order valence-corrected chi connectivity index (χ4v) is 4.45. The van der Waals surface area contributed by atoms with Crippen LogP contribution in [0.25, 0.3) is 17.1 Å². The van der Waals surface area contributed by atoms with E-state index in [0.29, 0.717) is 22.6 Å². The Bertz CT molecular complexity index is 1170. The molecule has 158 valence electrons. The molecule has 0 atom stereocenters. The number of aryl methyl sites for hydroxylation is 1. The lowest BCUT2D eigenvalue weighted by Crippen LogP contribution is -2.22. The van der Waals surface area contributed by atoms with Crippen LogP contribution < -0.4 is 4.90 Å². The summed E-state index contributed by atoms with van der Waals surface area (Å²) in [6.45, 7) is 4.09. The summed E-state index contributed by atoms with van der Waals surface area (Å²) < 4.78 is 7.96. The molecule has 7 nitrogen and oxygen atoms in total. The topological polar surface area (TPSA) is 72.9 Å². The van der Waals surface area contributed by atoms with Crippen molar-refractivity contribution in [2.45, 2.75) is 30.7 Å². The van der Waals surface area contributed by atoms with Crippen molar-refractivity contribution in [2.75, 3.05) is 18.0 Å². The summed E-state index contributed by atoms with van der Waals surface area (Å²) in [4.78, 5) is 2.29. The Morgan fingerprint density at radius 3 is 2.42 bits per heavy atom. The molecule has 0 spiro atoms. The van der Waals surface area contributed by atoms with E-state index < -0.39 is 0 Å². The summed E-state index contributed by atoms with van der Waals surface area (Å²) in [5.74, 6) is 2.40. The van der Waals surface area contributed by atoms with Gasteiger partial charge >= 0.3 is 0 Å². The van der Waals surface area contributed by atoms with Crippen LogP contribution in [0.2, 0.25) is 5.02 Å². The number of rotatable bonds is 6. The van der Waals surface area contributed by atoms with E-state index >= 15 is 0 Å². The van der Waals surface area contributed by atoms with Crippen molar-refractivity contribution >= 4 is 29.3 Å². The first-order chi connectivity index (χ1) is 15.2. The zero-order valence-electron chi connectivity index (χ0n) is 17.0. The van der Waals surface area contributed by atoms with Gasteiger partial charge in [-0.3, -0.25) is 4.57 Å². The van der Waals surface area contributed by atoms with Crippen LogP contribution in [0, 0.1) is 6.92 Å². The number of hydrogen-bond donors (Lipinski definition) is 0. The van der Waals surface area contributed by atoms with E-state index in [1.165, 1.54) is 30.2 Å². The summed E-state index contributed by atoms with van der Waals surface area (Å²) in [6.07, 6.45) is 2.36. The molecule has 1 aliphatic rings. The molecule has 1 saturated heterocycles. The van der Waals surface area contributed by atoms with Crippen molar-refractivity contribution in [3.8, 4) is 17.1 Å². The Morgan fingerprint density at radius 2 is 1.68 bits per heavy atom. The average molecular weight is 453 g/mol. The number of anilines is 1. The molecule has 0 radical (unpaired) electrons. The van der Waals surface area contributed by atoms with Gasteiger partial charge in [0, 0.05) is 23.7 Å². The molecule has 31 heavy (non-hydrogen) atoms. The van der Waals surface area contributed by atoms with Gasteiger partial charge in [0.1, 0.15) is 0 Å². The lowest BCUT2D eigenvalue weighted by Gasteiger charge is -2.18. The van der Waals surface area contributed by atoms with Crippen LogP contribution in [0.1, 0.15) is 24.3 Å². The van der Waals surface area contributed by atoms with Crippen molar-refractivity contribution in [1.82, 2.24) is 25.0 Å². The molecule has 3 heterocycles. The molecule has 0 amide bonds. The number of thioether (sulfide) groups is 1. The first kappa shape index (κ1) is 20.1. The molecule has 1 aliphatic heterocycles. The van der Waals surface area contributed by atoms with E-state index in [4.69, 9.17) is 16.0 Å². The normalized spacial score (nSPS) is 13.8. The summed E-state index contributed by atoms with van der Waals surface area (Å²) in [5.41, 5.74) is 3.11. The van der Waals surface area contributed by atoms with Gasteiger partial charge in [-0.05, 0) is 56.2 Å². The van der Waals surface area contributed by atoms with Gasteiger partial charge < -0.3 is 9.32 Å². The highest BCUT2D eigenvalue weighted by molar-refractivity contribution is 7.98. The van der Waals surface area contributed by atoms with Crippen molar-refractivity contribution in [1.29, 1.82) is 0 Å². The third-order valence-electron chi connectivity index (χ3n) is 5.18. The molecule has 9 heteroatoms. The van der Waals surface area contributed by atoms with Gasteiger partial charge in [-0.2, -0.15) is 0 Å². The van der Waals surface area contributed by atoms with Crippen molar-refractivity contribution in [3.63, 3.8) is 0 Å². The number of aromatic nitrogens is 5.